The Kier molecular flexibility index (Phi) is 3.63. The fraction of sp³-hybridized carbons (Fsp3) is 0.529. The second-order valence-corrected chi connectivity index (χ2v) is 8.88. The van der Waals surface area contributed by atoms with Crippen molar-refractivity contribution >= 4 is 46.3 Å². The Morgan fingerprint density at radius 1 is 1.05 bits per heavy atom. The molecule has 3 rings (SSSR count). The van der Waals surface area contributed by atoms with Crippen molar-refractivity contribution in [3.8, 4) is 0 Å². The summed E-state index contributed by atoms with van der Waals surface area (Å²) in [6, 6.07) is 10.8. The third kappa shape index (κ3) is 1.68. The minimum atomic E-state index is -0.151. The van der Waals surface area contributed by atoms with Gasteiger partial charge in [-0.1, -0.05) is 63.3 Å². The van der Waals surface area contributed by atoms with E-state index in [1.807, 2.05) is 23.7 Å². The highest BCUT2D eigenvalue weighted by Crippen LogP contribution is 2.67. The summed E-state index contributed by atoms with van der Waals surface area (Å²) in [4.78, 5) is 5.06. The van der Waals surface area contributed by atoms with Crippen LogP contribution < -0.4 is 0 Å². The van der Waals surface area contributed by atoms with Crippen LogP contribution in [0.4, 0.5) is 0 Å². The van der Waals surface area contributed by atoms with Crippen molar-refractivity contribution in [1.29, 1.82) is 0 Å². The predicted molar refractivity (Wildman–Crippen MR) is 103 cm³/mol. The Balaban J connectivity index is 2.19. The van der Waals surface area contributed by atoms with Crippen molar-refractivity contribution in [2.75, 3.05) is 19.8 Å². The second kappa shape index (κ2) is 4.92. The van der Waals surface area contributed by atoms with E-state index in [-0.39, 0.29) is 15.7 Å². The number of hydrogen-bond donors (Lipinski definition) is 0. The zero-order chi connectivity index (χ0) is 16.3. The van der Waals surface area contributed by atoms with Crippen LogP contribution in [0.5, 0.6) is 0 Å². The highest BCUT2D eigenvalue weighted by Gasteiger charge is 2.71. The van der Waals surface area contributed by atoms with E-state index in [2.05, 4.69) is 63.1 Å². The van der Waals surface area contributed by atoms with Crippen molar-refractivity contribution in [1.82, 2.24) is 9.80 Å². The van der Waals surface area contributed by atoms with Gasteiger partial charge in [0.1, 0.15) is 4.87 Å². The first kappa shape index (κ1) is 16.2. The van der Waals surface area contributed by atoms with Gasteiger partial charge in [0, 0.05) is 30.7 Å². The maximum atomic E-state index is 5.79. The molecular weight excluding hydrogens is 328 g/mol. The van der Waals surface area contributed by atoms with Crippen LogP contribution in [0, 0.1) is 5.41 Å². The topological polar surface area (TPSA) is 6.48 Å². The van der Waals surface area contributed by atoms with E-state index in [4.69, 9.17) is 24.4 Å². The Morgan fingerprint density at radius 3 is 2.14 bits per heavy atom. The van der Waals surface area contributed by atoms with Crippen LogP contribution in [-0.2, 0) is 5.41 Å². The molecule has 2 saturated heterocycles. The zero-order valence-corrected chi connectivity index (χ0v) is 16.2. The molecule has 0 unspecified atom stereocenters. The first-order chi connectivity index (χ1) is 10.2. The average Bonchev–Trinajstić information content (AvgIpc) is 2.50. The lowest BCUT2D eigenvalue weighted by atomic mass is 9.63. The van der Waals surface area contributed by atoms with Crippen LogP contribution in [0.25, 0.3) is 0 Å². The summed E-state index contributed by atoms with van der Waals surface area (Å²) in [6.07, 6.45) is 0. The molecule has 0 N–H and O–H groups in total. The number of thiocarbonyl (C=S) groups is 2. The predicted octanol–water partition coefficient (Wildman–Crippen LogP) is 3.90. The van der Waals surface area contributed by atoms with Crippen LogP contribution in [0.1, 0.15) is 26.3 Å². The van der Waals surface area contributed by atoms with Crippen LogP contribution in [0.15, 0.2) is 30.3 Å². The molecule has 5 heteroatoms. The molecule has 0 amide bonds. The van der Waals surface area contributed by atoms with Crippen molar-refractivity contribution < 1.29 is 0 Å². The van der Waals surface area contributed by atoms with Gasteiger partial charge in [-0.2, -0.15) is 0 Å². The van der Waals surface area contributed by atoms with Crippen LogP contribution in [0.2, 0.25) is 0 Å². The Hall–Kier alpha value is -0.650. The number of thioether (sulfide) groups is 1. The van der Waals surface area contributed by atoms with Gasteiger partial charge in [-0.3, -0.25) is 0 Å². The fourth-order valence-corrected chi connectivity index (χ4v) is 6.79. The molecule has 0 radical (unpaired) electrons. The molecule has 0 aromatic heterocycles. The molecule has 1 aromatic rings. The summed E-state index contributed by atoms with van der Waals surface area (Å²) >= 11 is 13.5. The standard InChI is InChI=1S/C17H22N2S3/c1-15(2)13(20)18(4)14(21)19(5)17(15)16(3,11-22-17)12-9-7-6-8-10-12/h6-10H,11H2,1-5H3/t16-,17-/m1/s1. The average molecular weight is 351 g/mol. The normalized spacial score (nSPS) is 34.0. The molecule has 2 fully saturated rings. The van der Waals surface area contributed by atoms with Gasteiger partial charge in [0.05, 0.1) is 4.99 Å². The largest absolute Gasteiger partial charge is 0.335 e. The molecule has 118 valence electrons. The van der Waals surface area contributed by atoms with Gasteiger partial charge >= 0.3 is 0 Å². The van der Waals surface area contributed by atoms with Gasteiger partial charge in [-0.05, 0) is 17.8 Å². The number of nitrogens with zero attached hydrogens (tertiary/aromatic N) is 2. The summed E-state index contributed by atoms with van der Waals surface area (Å²) in [7, 11) is 4.11. The molecule has 1 spiro atoms. The highest BCUT2D eigenvalue weighted by atomic mass is 32.2. The monoisotopic (exact) mass is 350 g/mol. The molecular formula is C17H22N2S3. The van der Waals surface area contributed by atoms with Gasteiger partial charge in [0.15, 0.2) is 5.11 Å². The number of hydrogen-bond acceptors (Lipinski definition) is 3. The molecule has 22 heavy (non-hydrogen) atoms. The Labute approximate surface area is 148 Å². The quantitative estimate of drug-likeness (QED) is 0.707. The minimum absolute atomic E-state index is 0.0204. The Bertz CT molecular complexity index is 643. The van der Waals surface area contributed by atoms with Gasteiger partial charge in [-0.15, -0.1) is 11.8 Å². The van der Waals surface area contributed by atoms with Crippen LogP contribution in [-0.4, -0.2) is 44.6 Å². The van der Waals surface area contributed by atoms with Gasteiger partial charge in [-0.25, -0.2) is 0 Å². The summed E-state index contributed by atoms with van der Waals surface area (Å²) in [5, 5.41) is 0.818. The highest BCUT2D eigenvalue weighted by molar-refractivity contribution is 8.02. The van der Waals surface area contributed by atoms with E-state index in [9.17, 15) is 0 Å². The first-order valence-corrected chi connectivity index (χ1v) is 9.26. The van der Waals surface area contributed by atoms with Gasteiger partial charge in [0.2, 0.25) is 0 Å². The third-order valence-corrected chi connectivity index (χ3v) is 9.17. The maximum Gasteiger partial charge on any atom is 0.177 e. The number of benzene rings is 1. The SMILES string of the molecule is CN1C(=S)N(C)[C@@]2(SC[C@]2(C)c2ccccc2)C(C)(C)C1=S. The lowest BCUT2D eigenvalue weighted by Crippen LogP contribution is -2.80. The molecule has 2 aliphatic heterocycles. The van der Waals surface area contributed by atoms with E-state index in [1.165, 1.54) is 5.56 Å². The number of likely N-dealkylation sites (N-methyl/N-ethyl adjacent to an activating group) is 1. The van der Waals surface area contributed by atoms with Crippen LogP contribution in [0.3, 0.4) is 0 Å². The zero-order valence-electron chi connectivity index (χ0n) is 13.7. The molecule has 1 aromatic carbocycles. The van der Waals surface area contributed by atoms with Crippen molar-refractivity contribution in [2.45, 2.75) is 31.1 Å². The van der Waals surface area contributed by atoms with E-state index < -0.39 is 0 Å². The molecule has 2 nitrogen and oxygen atoms in total. The molecule has 2 heterocycles. The van der Waals surface area contributed by atoms with Crippen molar-refractivity contribution in [3.05, 3.63) is 35.9 Å². The summed E-state index contributed by atoms with van der Waals surface area (Å²) < 4.78 is 0. The second-order valence-electron chi connectivity index (χ2n) is 6.96. The Morgan fingerprint density at radius 2 is 1.64 bits per heavy atom. The number of rotatable bonds is 1. The lowest BCUT2D eigenvalue weighted by Gasteiger charge is -2.70. The molecule has 0 saturated carbocycles. The van der Waals surface area contributed by atoms with E-state index in [1.54, 1.807) is 0 Å². The van der Waals surface area contributed by atoms with Gasteiger partial charge in [0.25, 0.3) is 0 Å². The van der Waals surface area contributed by atoms with Crippen molar-refractivity contribution in [3.63, 3.8) is 0 Å². The summed E-state index contributed by atoms with van der Waals surface area (Å²) in [5.74, 6) is 1.08. The van der Waals surface area contributed by atoms with Gasteiger partial charge < -0.3 is 9.80 Å². The molecule has 0 bridgehead atoms. The fourth-order valence-electron chi connectivity index (χ4n) is 4.28. The third-order valence-electron chi connectivity index (χ3n) is 5.46. The van der Waals surface area contributed by atoms with Crippen molar-refractivity contribution in [2.24, 2.45) is 5.41 Å². The maximum absolute atomic E-state index is 5.79. The van der Waals surface area contributed by atoms with Crippen LogP contribution >= 0.6 is 36.2 Å². The summed E-state index contributed by atoms with van der Waals surface area (Å²) in [5.41, 5.74) is 1.23. The minimum Gasteiger partial charge on any atom is -0.335 e. The lowest BCUT2D eigenvalue weighted by molar-refractivity contribution is 0.0737. The first-order valence-electron chi connectivity index (χ1n) is 7.45. The molecule has 0 aliphatic carbocycles. The smallest absolute Gasteiger partial charge is 0.177 e. The van der Waals surface area contributed by atoms with E-state index in [0.29, 0.717) is 0 Å². The van der Waals surface area contributed by atoms with E-state index in [0.717, 1.165) is 15.9 Å². The summed E-state index contributed by atoms with van der Waals surface area (Å²) in [6.45, 7) is 6.88. The molecule has 2 atom stereocenters. The molecule has 2 aliphatic rings. The van der Waals surface area contributed by atoms with E-state index >= 15 is 0 Å².